The van der Waals surface area contributed by atoms with E-state index in [0.717, 1.165) is 37.2 Å². The molecule has 1 heterocycles. The summed E-state index contributed by atoms with van der Waals surface area (Å²) >= 11 is 0. The highest BCUT2D eigenvalue weighted by atomic mass is 16.3. The van der Waals surface area contributed by atoms with Crippen molar-refractivity contribution in [2.75, 3.05) is 18.0 Å². The van der Waals surface area contributed by atoms with E-state index in [9.17, 15) is 10.1 Å². The summed E-state index contributed by atoms with van der Waals surface area (Å²) in [6.07, 6.45) is 1.45. The van der Waals surface area contributed by atoms with Crippen LogP contribution in [0.1, 0.15) is 24.0 Å². The molecule has 0 radical (unpaired) electrons. The van der Waals surface area contributed by atoms with Gasteiger partial charge in [-0.3, -0.25) is 4.79 Å². The highest BCUT2D eigenvalue weighted by Gasteiger charge is 2.24. The van der Waals surface area contributed by atoms with Crippen LogP contribution in [0.4, 0.5) is 5.69 Å². The molecule has 0 bridgehead atoms. The Hall–Kier alpha value is -2.06. The minimum Gasteiger partial charge on any atom is -0.392 e. The van der Waals surface area contributed by atoms with Crippen molar-refractivity contribution in [2.24, 2.45) is 11.7 Å². The lowest BCUT2D eigenvalue weighted by Crippen LogP contribution is -2.38. The Bertz CT molecular complexity index is 514. The number of nitrogens with zero attached hydrogens (tertiary/aromatic N) is 2. The van der Waals surface area contributed by atoms with Crippen LogP contribution >= 0.6 is 0 Å². The van der Waals surface area contributed by atoms with Gasteiger partial charge in [-0.2, -0.15) is 5.26 Å². The summed E-state index contributed by atoms with van der Waals surface area (Å²) in [5, 5.41) is 18.3. The number of nitrogens with two attached hydrogens (primary N) is 1. The third kappa shape index (κ3) is 2.85. The van der Waals surface area contributed by atoms with Gasteiger partial charge < -0.3 is 15.7 Å². The summed E-state index contributed by atoms with van der Waals surface area (Å²) in [7, 11) is 0. The zero-order valence-electron chi connectivity index (χ0n) is 10.7. The number of amides is 1. The Morgan fingerprint density at radius 1 is 1.47 bits per heavy atom. The highest BCUT2D eigenvalue weighted by Crippen LogP contribution is 2.26. The Kier molecular flexibility index (Phi) is 4.03. The van der Waals surface area contributed by atoms with E-state index < -0.39 is 0 Å². The van der Waals surface area contributed by atoms with Crippen molar-refractivity contribution in [1.29, 1.82) is 5.26 Å². The standard InChI is InChI=1S/C14H17N3O2/c15-8-12-7-10(9-18)1-2-13(12)17-5-3-11(4-6-17)14(16)19/h1-2,7,11,18H,3-6,9H2,(H2,16,19). The first-order valence-electron chi connectivity index (χ1n) is 6.34. The molecule has 1 fully saturated rings. The molecule has 100 valence electrons. The fourth-order valence-electron chi connectivity index (χ4n) is 2.45. The second-order valence-electron chi connectivity index (χ2n) is 4.79. The number of primary amides is 1. The molecule has 19 heavy (non-hydrogen) atoms. The van der Waals surface area contributed by atoms with Crippen LogP contribution in [-0.4, -0.2) is 24.1 Å². The monoisotopic (exact) mass is 259 g/mol. The molecule has 0 saturated carbocycles. The van der Waals surface area contributed by atoms with Crippen molar-refractivity contribution in [3.63, 3.8) is 0 Å². The van der Waals surface area contributed by atoms with Crippen LogP contribution in [0.2, 0.25) is 0 Å². The van der Waals surface area contributed by atoms with Crippen molar-refractivity contribution < 1.29 is 9.90 Å². The molecule has 0 atom stereocenters. The van der Waals surface area contributed by atoms with Crippen molar-refractivity contribution in [3.05, 3.63) is 29.3 Å². The number of aliphatic hydroxyl groups is 1. The van der Waals surface area contributed by atoms with Crippen LogP contribution in [0.3, 0.4) is 0 Å². The summed E-state index contributed by atoms with van der Waals surface area (Å²) < 4.78 is 0. The second kappa shape index (κ2) is 5.72. The van der Waals surface area contributed by atoms with Crippen molar-refractivity contribution >= 4 is 11.6 Å². The van der Waals surface area contributed by atoms with Gasteiger partial charge in [0.05, 0.1) is 17.9 Å². The molecule has 0 aliphatic carbocycles. The van der Waals surface area contributed by atoms with Gasteiger partial charge in [0.2, 0.25) is 5.91 Å². The topological polar surface area (TPSA) is 90.3 Å². The summed E-state index contributed by atoms with van der Waals surface area (Å²) in [5.41, 5.74) is 7.46. The summed E-state index contributed by atoms with van der Waals surface area (Å²) in [5.74, 6) is -0.297. The Morgan fingerprint density at radius 2 is 2.16 bits per heavy atom. The number of carbonyl (C=O) groups excluding carboxylic acids is 1. The van der Waals surface area contributed by atoms with E-state index in [0.29, 0.717) is 5.56 Å². The zero-order valence-corrected chi connectivity index (χ0v) is 10.7. The smallest absolute Gasteiger partial charge is 0.220 e. The molecule has 1 aliphatic rings. The fourth-order valence-corrected chi connectivity index (χ4v) is 2.45. The minimum absolute atomic E-state index is 0.0569. The van der Waals surface area contributed by atoms with Gasteiger partial charge in [0.25, 0.3) is 0 Å². The number of anilines is 1. The van der Waals surface area contributed by atoms with Gasteiger partial charge in [-0.25, -0.2) is 0 Å². The van der Waals surface area contributed by atoms with Gasteiger partial charge in [-0.1, -0.05) is 6.07 Å². The van der Waals surface area contributed by atoms with Crippen LogP contribution in [0.5, 0.6) is 0 Å². The molecule has 0 unspecified atom stereocenters. The predicted octanol–water partition coefficient (Wildman–Crippen LogP) is 0.752. The van der Waals surface area contributed by atoms with E-state index in [2.05, 4.69) is 11.0 Å². The van der Waals surface area contributed by atoms with E-state index in [1.165, 1.54) is 0 Å². The van der Waals surface area contributed by atoms with E-state index in [1.54, 1.807) is 6.07 Å². The Balaban J connectivity index is 2.15. The van der Waals surface area contributed by atoms with E-state index in [-0.39, 0.29) is 18.4 Å². The third-order valence-corrected chi connectivity index (χ3v) is 3.60. The van der Waals surface area contributed by atoms with Crippen molar-refractivity contribution in [3.8, 4) is 6.07 Å². The van der Waals surface area contributed by atoms with Crippen LogP contribution in [0.25, 0.3) is 0 Å². The van der Waals surface area contributed by atoms with Crippen LogP contribution < -0.4 is 10.6 Å². The fraction of sp³-hybridized carbons (Fsp3) is 0.429. The summed E-state index contributed by atoms with van der Waals surface area (Å²) in [6, 6.07) is 7.53. The number of hydrogen-bond acceptors (Lipinski definition) is 4. The number of nitriles is 1. The molecule has 5 heteroatoms. The Morgan fingerprint density at radius 3 is 2.68 bits per heavy atom. The first kappa shape index (κ1) is 13.4. The number of aliphatic hydroxyl groups excluding tert-OH is 1. The minimum atomic E-state index is -0.240. The SMILES string of the molecule is N#Cc1cc(CO)ccc1N1CCC(C(N)=O)CC1. The molecular weight excluding hydrogens is 242 g/mol. The molecule has 2 rings (SSSR count). The molecular formula is C14H17N3O2. The van der Waals surface area contributed by atoms with Gasteiger partial charge >= 0.3 is 0 Å². The zero-order chi connectivity index (χ0) is 13.8. The molecule has 1 aromatic rings. The maximum atomic E-state index is 11.1. The predicted molar refractivity (Wildman–Crippen MR) is 71.2 cm³/mol. The first-order valence-corrected chi connectivity index (χ1v) is 6.34. The average Bonchev–Trinajstić information content (AvgIpc) is 2.46. The van der Waals surface area contributed by atoms with E-state index in [1.807, 2.05) is 12.1 Å². The highest BCUT2D eigenvalue weighted by molar-refractivity contribution is 5.77. The molecule has 1 aliphatic heterocycles. The molecule has 1 aromatic carbocycles. The van der Waals surface area contributed by atoms with Gasteiger partial charge in [0, 0.05) is 19.0 Å². The lowest BCUT2D eigenvalue weighted by molar-refractivity contribution is -0.122. The largest absolute Gasteiger partial charge is 0.392 e. The third-order valence-electron chi connectivity index (χ3n) is 3.60. The number of benzene rings is 1. The molecule has 0 aromatic heterocycles. The Labute approximate surface area is 112 Å². The average molecular weight is 259 g/mol. The summed E-state index contributed by atoms with van der Waals surface area (Å²) in [6.45, 7) is 1.38. The number of piperidine rings is 1. The van der Waals surface area contributed by atoms with Gasteiger partial charge in [0.1, 0.15) is 6.07 Å². The number of hydrogen-bond donors (Lipinski definition) is 2. The summed E-state index contributed by atoms with van der Waals surface area (Å²) in [4.78, 5) is 13.2. The van der Waals surface area contributed by atoms with Gasteiger partial charge in [0.15, 0.2) is 0 Å². The lowest BCUT2D eigenvalue weighted by Gasteiger charge is -2.33. The van der Waals surface area contributed by atoms with Gasteiger partial charge in [-0.05, 0) is 30.5 Å². The maximum Gasteiger partial charge on any atom is 0.220 e. The molecule has 3 N–H and O–H groups in total. The molecule has 1 saturated heterocycles. The second-order valence-corrected chi connectivity index (χ2v) is 4.79. The molecule has 5 nitrogen and oxygen atoms in total. The molecule has 1 amide bonds. The lowest BCUT2D eigenvalue weighted by atomic mass is 9.95. The quantitative estimate of drug-likeness (QED) is 0.838. The normalized spacial score (nSPS) is 16.1. The first-order chi connectivity index (χ1) is 9.15. The number of rotatable bonds is 3. The molecule has 0 spiro atoms. The van der Waals surface area contributed by atoms with E-state index in [4.69, 9.17) is 10.8 Å². The number of carbonyl (C=O) groups is 1. The van der Waals surface area contributed by atoms with Crippen LogP contribution in [-0.2, 0) is 11.4 Å². The van der Waals surface area contributed by atoms with E-state index >= 15 is 0 Å². The van der Waals surface area contributed by atoms with Crippen molar-refractivity contribution in [1.82, 2.24) is 0 Å². The van der Waals surface area contributed by atoms with Crippen molar-refractivity contribution in [2.45, 2.75) is 19.4 Å². The van der Waals surface area contributed by atoms with Crippen LogP contribution in [0.15, 0.2) is 18.2 Å². The van der Waals surface area contributed by atoms with Gasteiger partial charge in [-0.15, -0.1) is 0 Å². The maximum absolute atomic E-state index is 11.1. The van der Waals surface area contributed by atoms with Crippen LogP contribution in [0, 0.1) is 17.2 Å².